The molecule has 1 heterocycles. The van der Waals surface area contributed by atoms with E-state index < -0.39 is 0 Å². The van der Waals surface area contributed by atoms with Crippen LogP contribution < -0.4 is 5.32 Å². The number of nitrogens with zero attached hydrogens (tertiary/aromatic N) is 2. The summed E-state index contributed by atoms with van der Waals surface area (Å²) < 4.78 is 9.89. The van der Waals surface area contributed by atoms with Gasteiger partial charge < -0.3 is 14.6 Å². The predicted molar refractivity (Wildman–Crippen MR) is 46.5 cm³/mol. The van der Waals surface area contributed by atoms with Crippen LogP contribution in [0.5, 0.6) is 0 Å². The van der Waals surface area contributed by atoms with Crippen LogP contribution in [0.15, 0.2) is 4.52 Å². The maximum atomic E-state index is 4.98. The van der Waals surface area contributed by atoms with Crippen molar-refractivity contribution < 1.29 is 9.26 Å². The summed E-state index contributed by atoms with van der Waals surface area (Å²) in [6.07, 6.45) is 3.11. The highest BCUT2D eigenvalue weighted by Crippen LogP contribution is 2.23. The number of rotatable bonds is 5. The largest absolute Gasteiger partial charge is 0.384 e. The first-order chi connectivity index (χ1) is 6.38. The maximum absolute atomic E-state index is 4.98. The minimum absolute atomic E-state index is 0.536. The van der Waals surface area contributed by atoms with Gasteiger partial charge in [-0.05, 0) is 12.8 Å². The topological polar surface area (TPSA) is 60.2 Å². The van der Waals surface area contributed by atoms with Crippen molar-refractivity contribution in [2.45, 2.75) is 25.3 Å². The zero-order valence-electron chi connectivity index (χ0n) is 7.62. The summed E-state index contributed by atoms with van der Waals surface area (Å²) in [5.41, 5.74) is 0. The Hall–Kier alpha value is -1.10. The third-order valence-corrected chi connectivity index (χ3v) is 1.90. The van der Waals surface area contributed by atoms with Gasteiger partial charge in [0.15, 0.2) is 5.82 Å². The van der Waals surface area contributed by atoms with Crippen LogP contribution in [0.2, 0.25) is 0 Å². The molecule has 0 spiro atoms. The Morgan fingerprint density at radius 1 is 1.62 bits per heavy atom. The molecule has 1 aliphatic carbocycles. The van der Waals surface area contributed by atoms with Crippen LogP contribution in [-0.2, 0) is 11.2 Å². The SMILES string of the molecule is COCCc1noc(NC2CC2)n1. The van der Waals surface area contributed by atoms with Crippen molar-refractivity contribution in [1.29, 1.82) is 0 Å². The Kier molecular flexibility index (Phi) is 2.44. The van der Waals surface area contributed by atoms with Gasteiger partial charge in [-0.2, -0.15) is 4.98 Å². The van der Waals surface area contributed by atoms with Crippen molar-refractivity contribution in [3.05, 3.63) is 5.82 Å². The summed E-state index contributed by atoms with van der Waals surface area (Å²) in [5.74, 6) is 0.699. The second-order valence-corrected chi connectivity index (χ2v) is 3.18. The molecule has 1 aliphatic rings. The summed E-state index contributed by atoms with van der Waals surface area (Å²) >= 11 is 0. The highest BCUT2D eigenvalue weighted by Gasteiger charge is 2.23. The van der Waals surface area contributed by atoms with Crippen LogP contribution in [0.1, 0.15) is 18.7 Å². The summed E-state index contributed by atoms with van der Waals surface area (Å²) in [7, 11) is 1.66. The molecule has 5 nitrogen and oxygen atoms in total. The minimum atomic E-state index is 0.536. The van der Waals surface area contributed by atoms with Crippen molar-refractivity contribution in [2.75, 3.05) is 19.0 Å². The zero-order valence-corrected chi connectivity index (χ0v) is 7.62. The highest BCUT2D eigenvalue weighted by molar-refractivity contribution is 5.23. The van der Waals surface area contributed by atoms with E-state index in [1.165, 1.54) is 12.8 Å². The molecule has 0 radical (unpaired) electrons. The van der Waals surface area contributed by atoms with Crippen LogP contribution in [0.3, 0.4) is 0 Å². The normalized spacial score (nSPS) is 16.1. The molecule has 72 valence electrons. The second kappa shape index (κ2) is 3.74. The Morgan fingerprint density at radius 3 is 3.15 bits per heavy atom. The standard InChI is InChI=1S/C8H13N3O2/c1-12-5-4-7-10-8(13-11-7)9-6-2-3-6/h6H,2-5H2,1H3,(H,9,10,11). The van der Waals surface area contributed by atoms with Crippen LogP contribution >= 0.6 is 0 Å². The monoisotopic (exact) mass is 183 g/mol. The zero-order chi connectivity index (χ0) is 9.10. The number of nitrogens with one attached hydrogen (secondary N) is 1. The minimum Gasteiger partial charge on any atom is -0.384 e. The molecule has 13 heavy (non-hydrogen) atoms. The van der Waals surface area contributed by atoms with E-state index in [9.17, 15) is 0 Å². The summed E-state index contributed by atoms with van der Waals surface area (Å²) in [6.45, 7) is 0.627. The van der Waals surface area contributed by atoms with E-state index in [4.69, 9.17) is 9.26 Å². The predicted octanol–water partition coefficient (Wildman–Crippen LogP) is 0.833. The second-order valence-electron chi connectivity index (χ2n) is 3.18. The number of anilines is 1. The van der Waals surface area contributed by atoms with Gasteiger partial charge in [0.2, 0.25) is 0 Å². The Bertz CT molecular complexity index is 270. The van der Waals surface area contributed by atoms with Gasteiger partial charge in [0, 0.05) is 19.6 Å². The van der Waals surface area contributed by atoms with Gasteiger partial charge in [-0.15, -0.1) is 0 Å². The van der Waals surface area contributed by atoms with Crippen molar-refractivity contribution >= 4 is 6.01 Å². The van der Waals surface area contributed by atoms with Crippen LogP contribution in [0.4, 0.5) is 6.01 Å². The number of aromatic nitrogens is 2. The molecule has 0 unspecified atom stereocenters. The lowest BCUT2D eigenvalue weighted by atomic mass is 10.4. The lowest BCUT2D eigenvalue weighted by Gasteiger charge is -1.93. The smallest absolute Gasteiger partial charge is 0.321 e. The van der Waals surface area contributed by atoms with E-state index in [0.29, 0.717) is 30.9 Å². The first kappa shape index (κ1) is 8.50. The molecule has 0 aromatic carbocycles. The van der Waals surface area contributed by atoms with E-state index in [0.717, 1.165) is 0 Å². The van der Waals surface area contributed by atoms with Crippen molar-refractivity contribution in [2.24, 2.45) is 0 Å². The van der Waals surface area contributed by atoms with E-state index >= 15 is 0 Å². The summed E-state index contributed by atoms with van der Waals surface area (Å²) in [5, 5.41) is 6.94. The van der Waals surface area contributed by atoms with E-state index in [1.54, 1.807) is 7.11 Å². The van der Waals surface area contributed by atoms with E-state index in [2.05, 4.69) is 15.5 Å². The molecule has 0 atom stereocenters. The lowest BCUT2D eigenvalue weighted by molar-refractivity contribution is 0.199. The fraction of sp³-hybridized carbons (Fsp3) is 0.750. The third kappa shape index (κ3) is 2.42. The molecule has 1 aromatic heterocycles. The van der Waals surface area contributed by atoms with Crippen LogP contribution in [0, 0.1) is 0 Å². The van der Waals surface area contributed by atoms with Gasteiger partial charge >= 0.3 is 6.01 Å². The molecular weight excluding hydrogens is 170 g/mol. The molecule has 5 heteroatoms. The summed E-state index contributed by atoms with van der Waals surface area (Å²) in [4.78, 5) is 4.16. The van der Waals surface area contributed by atoms with Crippen molar-refractivity contribution in [3.8, 4) is 0 Å². The number of hydrogen-bond acceptors (Lipinski definition) is 5. The van der Waals surface area contributed by atoms with E-state index in [-0.39, 0.29) is 0 Å². The van der Waals surface area contributed by atoms with Gasteiger partial charge in [0.05, 0.1) is 6.61 Å². The molecule has 1 N–H and O–H groups in total. The number of ether oxygens (including phenoxy) is 1. The molecule has 1 aromatic rings. The van der Waals surface area contributed by atoms with Gasteiger partial charge in [-0.1, -0.05) is 5.16 Å². The average molecular weight is 183 g/mol. The highest BCUT2D eigenvalue weighted by atomic mass is 16.5. The fourth-order valence-corrected chi connectivity index (χ4v) is 1.01. The molecule has 2 rings (SSSR count). The molecular formula is C8H13N3O2. The quantitative estimate of drug-likeness (QED) is 0.732. The fourth-order valence-electron chi connectivity index (χ4n) is 1.01. The van der Waals surface area contributed by atoms with Gasteiger partial charge in [0.25, 0.3) is 0 Å². The number of hydrogen-bond donors (Lipinski definition) is 1. The Balaban J connectivity index is 1.84. The lowest BCUT2D eigenvalue weighted by Crippen LogP contribution is -2.01. The first-order valence-corrected chi connectivity index (χ1v) is 4.46. The van der Waals surface area contributed by atoms with Gasteiger partial charge in [-0.25, -0.2) is 0 Å². The maximum Gasteiger partial charge on any atom is 0.321 e. The molecule has 1 fully saturated rings. The van der Waals surface area contributed by atoms with Gasteiger partial charge in [-0.3, -0.25) is 0 Å². The Labute approximate surface area is 76.5 Å². The molecule has 0 aliphatic heterocycles. The first-order valence-electron chi connectivity index (χ1n) is 4.46. The van der Waals surface area contributed by atoms with Gasteiger partial charge in [0.1, 0.15) is 0 Å². The third-order valence-electron chi connectivity index (χ3n) is 1.90. The molecule has 0 bridgehead atoms. The number of methoxy groups -OCH3 is 1. The average Bonchev–Trinajstić information content (AvgIpc) is 2.81. The molecule has 0 saturated heterocycles. The molecule has 0 amide bonds. The van der Waals surface area contributed by atoms with Crippen LogP contribution in [0.25, 0.3) is 0 Å². The summed E-state index contributed by atoms with van der Waals surface area (Å²) in [6, 6.07) is 1.09. The molecule has 1 saturated carbocycles. The Morgan fingerprint density at radius 2 is 2.46 bits per heavy atom. The van der Waals surface area contributed by atoms with E-state index in [1.807, 2.05) is 0 Å². The van der Waals surface area contributed by atoms with Crippen molar-refractivity contribution in [1.82, 2.24) is 10.1 Å². The van der Waals surface area contributed by atoms with Crippen molar-refractivity contribution in [3.63, 3.8) is 0 Å². The van der Waals surface area contributed by atoms with Crippen LogP contribution in [-0.4, -0.2) is 29.9 Å².